The zero-order valence-corrected chi connectivity index (χ0v) is 28.3. The fraction of sp³-hybridized carbons (Fsp3) is 0. The van der Waals surface area contributed by atoms with Gasteiger partial charge in [-0.3, -0.25) is 9.59 Å². The van der Waals surface area contributed by atoms with Gasteiger partial charge in [0.2, 0.25) is 0 Å². The van der Waals surface area contributed by atoms with E-state index in [2.05, 4.69) is 0 Å². The van der Waals surface area contributed by atoms with Gasteiger partial charge in [0.15, 0.2) is 17.3 Å². The third kappa shape index (κ3) is 6.53. The fourth-order valence-corrected chi connectivity index (χ4v) is 6.60. The van der Waals surface area contributed by atoms with Crippen molar-refractivity contribution in [2.75, 3.05) is 0 Å². The first-order valence-electron chi connectivity index (χ1n) is 9.17. The fourth-order valence-electron chi connectivity index (χ4n) is 3.65. The molecule has 0 fully saturated rings. The van der Waals surface area contributed by atoms with E-state index in [1.54, 1.807) is 0 Å². The van der Waals surface area contributed by atoms with Crippen molar-refractivity contribution in [2.24, 2.45) is 0 Å². The van der Waals surface area contributed by atoms with E-state index in [1.807, 2.05) is 0 Å². The van der Waals surface area contributed by atoms with Crippen LogP contribution in [0.25, 0.3) is 0 Å². The smallest absolute Gasteiger partial charge is 0.744 e. The topological polar surface area (TPSA) is 215 Å². The van der Waals surface area contributed by atoms with Crippen LogP contribution in [0, 0.1) is 0 Å². The summed E-state index contributed by atoms with van der Waals surface area (Å²) in [6.45, 7) is 0. The van der Waals surface area contributed by atoms with Crippen LogP contribution in [0.4, 0.5) is 0 Å². The molecule has 182 valence electrons. The molecule has 0 amide bonds. The molecule has 0 heterocycles. The summed E-state index contributed by atoms with van der Waals surface area (Å²) in [7, 11) is -18.1. The van der Waals surface area contributed by atoms with E-state index in [9.17, 15) is 48.5 Å². The Morgan fingerprint density at radius 3 is 1.29 bits per heavy atom. The van der Waals surface area contributed by atoms with E-state index < -0.39 is 90.4 Å². The molecule has 0 saturated heterocycles. The van der Waals surface area contributed by atoms with E-state index in [-0.39, 0.29) is 88.7 Å². The van der Waals surface area contributed by atoms with Gasteiger partial charge in [0.05, 0.1) is 16.0 Å². The summed E-state index contributed by atoms with van der Waals surface area (Å²) >= 11 is 0. The Bertz CT molecular complexity index is 1770. The molecular formula is C20H9Na3O12S3. The van der Waals surface area contributed by atoms with Crippen molar-refractivity contribution in [1.29, 1.82) is 0 Å². The number of carbonyl (C=O) groups is 2. The van der Waals surface area contributed by atoms with Crippen LogP contribution in [0.15, 0.2) is 69.3 Å². The molecule has 0 bridgehead atoms. The standard InChI is InChI=1S/C20H12O12S3.3Na/c21-15-11-8-4-5-9-12(11)16(22)14-13(15)18(33(23,24)25)17(32-10-6-2-1-3-7-10)20(35(29,30)31)19(14)34(26,27)28;;;/h1-9H,(H,23,24,25)(H,26,27,28)(H,29,30,31);;;/q;3*+1/p-3. The van der Waals surface area contributed by atoms with Crippen LogP contribution in [-0.2, 0) is 30.4 Å². The Morgan fingerprint density at radius 1 is 0.526 bits per heavy atom. The van der Waals surface area contributed by atoms with Crippen molar-refractivity contribution in [3.63, 3.8) is 0 Å². The number of rotatable bonds is 5. The molecule has 0 spiro atoms. The van der Waals surface area contributed by atoms with Gasteiger partial charge in [-0.05, 0) is 12.1 Å². The molecule has 0 unspecified atom stereocenters. The number of benzene rings is 3. The Balaban J connectivity index is 0.00000241. The van der Waals surface area contributed by atoms with E-state index in [4.69, 9.17) is 4.74 Å². The molecule has 1 aliphatic rings. The molecular weight excluding hydrogens is 597 g/mol. The molecule has 18 heteroatoms. The summed E-state index contributed by atoms with van der Waals surface area (Å²) in [6.07, 6.45) is 0. The largest absolute Gasteiger partial charge is 1.00 e. The average molecular weight is 606 g/mol. The molecule has 0 aromatic heterocycles. The third-order valence-electron chi connectivity index (χ3n) is 4.91. The second kappa shape index (κ2) is 12.6. The van der Waals surface area contributed by atoms with Gasteiger partial charge in [-0.1, -0.05) is 42.5 Å². The maximum atomic E-state index is 13.2. The van der Waals surface area contributed by atoms with Crippen LogP contribution < -0.4 is 93.4 Å². The quantitative estimate of drug-likeness (QED) is 0.153. The van der Waals surface area contributed by atoms with Crippen LogP contribution in [0.3, 0.4) is 0 Å². The van der Waals surface area contributed by atoms with E-state index in [0.29, 0.717) is 0 Å². The Hall–Kier alpha value is -0.470. The second-order valence-electron chi connectivity index (χ2n) is 7.05. The van der Waals surface area contributed by atoms with Crippen molar-refractivity contribution in [2.45, 2.75) is 14.7 Å². The van der Waals surface area contributed by atoms with Gasteiger partial charge in [0, 0.05) is 11.1 Å². The summed E-state index contributed by atoms with van der Waals surface area (Å²) in [4.78, 5) is 20.5. The molecule has 0 atom stereocenters. The van der Waals surface area contributed by atoms with Gasteiger partial charge in [-0.25, -0.2) is 25.3 Å². The Morgan fingerprint density at radius 2 is 0.895 bits per heavy atom. The number of ether oxygens (including phenoxy) is 1. The Labute approximate surface area is 283 Å². The first kappa shape index (κ1) is 35.6. The van der Waals surface area contributed by atoms with Crippen LogP contribution in [0.1, 0.15) is 31.8 Å². The summed E-state index contributed by atoms with van der Waals surface area (Å²) in [5.41, 5.74) is -3.90. The molecule has 3 aromatic carbocycles. The van der Waals surface area contributed by atoms with Crippen molar-refractivity contribution in [1.82, 2.24) is 0 Å². The zero-order valence-electron chi connectivity index (χ0n) is 19.8. The number of hydrogen-bond donors (Lipinski definition) is 0. The molecule has 1 aliphatic carbocycles. The van der Waals surface area contributed by atoms with Gasteiger partial charge in [0.25, 0.3) is 0 Å². The van der Waals surface area contributed by atoms with Gasteiger partial charge in [-0.2, -0.15) is 0 Å². The van der Waals surface area contributed by atoms with Crippen molar-refractivity contribution >= 4 is 41.9 Å². The number of hydrogen-bond acceptors (Lipinski definition) is 12. The normalized spacial score (nSPS) is 12.7. The van der Waals surface area contributed by atoms with E-state index in [1.165, 1.54) is 30.3 Å². The monoisotopic (exact) mass is 606 g/mol. The number of ketones is 2. The van der Waals surface area contributed by atoms with Gasteiger partial charge in [0.1, 0.15) is 45.9 Å². The number of carbonyl (C=O) groups excluding carboxylic acids is 2. The van der Waals surface area contributed by atoms with Crippen LogP contribution in [0.2, 0.25) is 0 Å². The third-order valence-corrected chi connectivity index (χ3v) is 7.72. The zero-order chi connectivity index (χ0) is 25.9. The summed E-state index contributed by atoms with van der Waals surface area (Å²) in [5, 5.41) is 0. The summed E-state index contributed by atoms with van der Waals surface area (Å²) in [6, 6.07) is 10.9. The van der Waals surface area contributed by atoms with Crippen LogP contribution >= 0.6 is 0 Å². The summed E-state index contributed by atoms with van der Waals surface area (Å²) in [5.74, 6) is -4.94. The molecule has 12 nitrogen and oxygen atoms in total. The summed E-state index contributed by atoms with van der Waals surface area (Å²) < 4.78 is 115. The molecule has 38 heavy (non-hydrogen) atoms. The van der Waals surface area contributed by atoms with Crippen molar-refractivity contribution in [3.05, 3.63) is 76.9 Å². The van der Waals surface area contributed by atoms with E-state index in [0.717, 1.165) is 24.3 Å². The maximum absolute atomic E-state index is 13.2. The number of para-hydroxylation sites is 1. The Kier molecular flexibility index (Phi) is 11.8. The van der Waals surface area contributed by atoms with Gasteiger partial charge >= 0.3 is 88.7 Å². The van der Waals surface area contributed by atoms with Crippen molar-refractivity contribution in [3.8, 4) is 11.5 Å². The van der Waals surface area contributed by atoms with Gasteiger partial charge in [-0.15, -0.1) is 0 Å². The van der Waals surface area contributed by atoms with Crippen LogP contribution in [0.5, 0.6) is 11.5 Å². The number of fused-ring (bicyclic) bond motifs is 2. The van der Waals surface area contributed by atoms with Crippen molar-refractivity contribution < 1.29 is 142 Å². The predicted molar refractivity (Wildman–Crippen MR) is 110 cm³/mol. The minimum Gasteiger partial charge on any atom is -0.744 e. The van der Waals surface area contributed by atoms with Crippen LogP contribution in [-0.4, -0.2) is 50.5 Å². The molecule has 0 saturated carbocycles. The minimum atomic E-state index is -6.12. The first-order valence-corrected chi connectivity index (χ1v) is 13.4. The SMILES string of the molecule is O=C1c2ccccc2C(=O)c2c1c(S(=O)(=O)[O-])c(Oc1ccccc1)c(S(=O)(=O)[O-])c2S(=O)(=O)[O-].[Na+].[Na+].[Na+]. The predicted octanol–water partition coefficient (Wildman–Crippen LogP) is -8.02. The molecule has 3 aromatic rings. The molecule has 0 aliphatic heterocycles. The molecule has 0 N–H and O–H groups in total. The van der Waals surface area contributed by atoms with E-state index >= 15 is 0 Å². The second-order valence-corrected chi connectivity index (χ2v) is 11.0. The average Bonchev–Trinajstić information content (AvgIpc) is 2.75. The molecule has 0 radical (unpaired) electrons. The first-order chi connectivity index (χ1) is 16.1. The minimum absolute atomic E-state index is 0. The van der Waals surface area contributed by atoms with Gasteiger partial charge < -0.3 is 18.4 Å². The maximum Gasteiger partial charge on any atom is 1.00 e. The molecule has 4 rings (SSSR count).